The Hall–Kier alpha value is -4.46. The van der Waals surface area contributed by atoms with Crippen LogP contribution in [0.1, 0.15) is 41.1 Å². The first-order chi connectivity index (χ1) is 16.9. The summed E-state index contributed by atoms with van der Waals surface area (Å²) in [5.41, 5.74) is 5.36. The molecular formula is C27H26N4O4. The SMILES string of the molecule is CC(C)CCOc1ccc(C(=O)NNC(=O)c2nn(-c3ccccc3)c(=O)c3ccccc23)cc1. The van der Waals surface area contributed by atoms with E-state index in [9.17, 15) is 14.4 Å². The number of carbonyl (C=O) groups is 2. The number of nitrogens with zero attached hydrogens (tertiary/aromatic N) is 2. The van der Waals surface area contributed by atoms with Crippen LogP contribution in [0.2, 0.25) is 0 Å². The van der Waals surface area contributed by atoms with E-state index >= 15 is 0 Å². The number of aromatic nitrogens is 2. The van der Waals surface area contributed by atoms with Gasteiger partial charge in [0, 0.05) is 10.9 Å². The number of benzene rings is 3. The van der Waals surface area contributed by atoms with Gasteiger partial charge < -0.3 is 4.74 Å². The maximum absolute atomic E-state index is 13.0. The minimum Gasteiger partial charge on any atom is -0.494 e. The smallest absolute Gasteiger partial charge is 0.290 e. The summed E-state index contributed by atoms with van der Waals surface area (Å²) in [6, 6.07) is 22.2. The molecule has 8 nitrogen and oxygen atoms in total. The van der Waals surface area contributed by atoms with Crippen LogP contribution in [-0.4, -0.2) is 28.2 Å². The van der Waals surface area contributed by atoms with Crippen molar-refractivity contribution in [2.45, 2.75) is 20.3 Å². The first-order valence-electron chi connectivity index (χ1n) is 11.3. The van der Waals surface area contributed by atoms with Crippen molar-refractivity contribution in [2.75, 3.05) is 6.61 Å². The molecule has 2 amide bonds. The fraction of sp³-hybridized carbons (Fsp3) is 0.185. The van der Waals surface area contributed by atoms with E-state index < -0.39 is 11.8 Å². The summed E-state index contributed by atoms with van der Waals surface area (Å²) < 4.78 is 6.85. The summed E-state index contributed by atoms with van der Waals surface area (Å²) in [6.07, 6.45) is 0.939. The second-order valence-electron chi connectivity index (χ2n) is 8.41. The van der Waals surface area contributed by atoms with Crippen molar-refractivity contribution < 1.29 is 14.3 Å². The van der Waals surface area contributed by atoms with Crippen LogP contribution in [0, 0.1) is 5.92 Å². The second-order valence-corrected chi connectivity index (χ2v) is 8.41. The minimum absolute atomic E-state index is 0.0123. The fourth-order valence-corrected chi connectivity index (χ4v) is 3.46. The van der Waals surface area contributed by atoms with Gasteiger partial charge in [-0.25, -0.2) is 0 Å². The number of rotatable bonds is 7. The molecule has 0 aliphatic rings. The fourth-order valence-electron chi connectivity index (χ4n) is 3.46. The van der Waals surface area contributed by atoms with Crippen molar-refractivity contribution in [2.24, 2.45) is 5.92 Å². The molecule has 0 saturated carbocycles. The quantitative estimate of drug-likeness (QED) is 0.399. The zero-order valence-electron chi connectivity index (χ0n) is 19.5. The van der Waals surface area contributed by atoms with Crippen molar-refractivity contribution in [1.29, 1.82) is 0 Å². The zero-order valence-corrected chi connectivity index (χ0v) is 19.5. The number of amides is 2. The Bertz CT molecular complexity index is 1400. The summed E-state index contributed by atoms with van der Waals surface area (Å²) in [6.45, 7) is 4.85. The molecule has 0 fully saturated rings. The van der Waals surface area contributed by atoms with Crippen LogP contribution in [0.25, 0.3) is 16.5 Å². The van der Waals surface area contributed by atoms with Gasteiger partial charge in [0.1, 0.15) is 5.75 Å². The number of hydrogen-bond acceptors (Lipinski definition) is 5. The van der Waals surface area contributed by atoms with Crippen LogP contribution in [0.15, 0.2) is 83.7 Å². The van der Waals surface area contributed by atoms with Gasteiger partial charge in [-0.2, -0.15) is 9.78 Å². The van der Waals surface area contributed by atoms with E-state index in [2.05, 4.69) is 29.8 Å². The van der Waals surface area contributed by atoms with Crippen molar-refractivity contribution in [3.8, 4) is 11.4 Å². The van der Waals surface area contributed by atoms with E-state index in [0.717, 1.165) is 6.42 Å². The van der Waals surface area contributed by atoms with Crippen LogP contribution in [0.4, 0.5) is 0 Å². The highest BCUT2D eigenvalue weighted by Gasteiger charge is 2.18. The van der Waals surface area contributed by atoms with Crippen LogP contribution >= 0.6 is 0 Å². The third kappa shape index (κ3) is 5.55. The Labute approximate surface area is 202 Å². The summed E-state index contributed by atoms with van der Waals surface area (Å²) >= 11 is 0. The average molecular weight is 471 g/mol. The molecule has 3 aromatic carbocycles. The molecule has 0 aliphatic heterocycles. The van der Waals surface area contributed by atoms with E-state index in [1.54, 1.807) is 72.8 Å². The monoisotopic (exact) mass is 470 g/mol. The van der Waals surface area contributed by atoms with Gasteiger partial charge in [0.2, 0.25) is 0 Å². The van der Waals surface area contributed by atoms with Crippen LogP contribution in [0.5, 0.6) is 5.75 Å². The Morgan fingerprint density at radius 3 is 2.17 bits per heavy atom. The lowest BCUT2D eigenvalue weighted by Gasteiger charge is -2.12. The third-order valence-corrected chi connectivity index (χ3v) is 5.39. The third-order valence-electron chi connectivity index (χ3n) is 5.39. The molecule has 0 aliphatic carbocycles. The van der Waals surface area contributed by atoms with Crippen LogP contribution in [0.3, 0.4) is 0 Å². The topological polar surface area (TPSA) is 102 Å². The first kappa shape index (κ1) is 23.7. The number of nitrogens with one attached hydrogen (secondary N) is 2. The van der Waals surface area contributed by atoms with Crippen LogP contribution < -0.4 is 21.1 Å². The number of para-hydroxylation sites is 1. The molecule has 0 spiro atoms. The largest absolute Gasteiger partial charge is 0.494 e. The van der Waals surface area contributed by atoms with Gasteiger partial charge in [-0.05, 0) is 54.8 Å². The second kappa shape index (κ2) is 10.6. The average Bonchev–Trinajstić information content (AvgIpc) is 2.88. The van der Waals surface area contributed by atoms with Gasteiger partial charge in [0.15, 0.2) is 5.69 Å². The summed E-state index contributed by atoms with van der Waals surface area (Å²) in [4.78, 5) is 38.5. The molecule has 35 heavy (non-hydrogen) atoms. The standard InChI is InChI=1S/C27H26N4O4/c1-18(2)16-17-35-21-14-12-19(13-15-21)25(32)28-29-26(33)24-22-10-6-7-11-23(22)27(34)31(30-24)20-8-4-3-5-9-20/h3-15,18H,16-17H2,1-2H3,(H,28,32)(H,29,33). The van der Waals surface area contributed by atoms with Gasteiger partial charge in [-0.3, -0.25) is 25.2 Å². The lowest BCUT2D eigenvalue weighted by Crippen LogP contribution is -2.42. The van der Waals surface area contributed by atoms with Crippen molar-refractivity contribution in [1.82, 2.24) is 20.6 Å². The highest BCUT2D eigenvalue weighted by Crippen LogP contribution is 2.16. The molecule has 1 aromatic heterocycles. The van der Waals surface area contributed by atoms with Gasteiger partial charge in [0.05, 0.1) is 17.7 Å². The predicted molar refractivity (Wildman–Crippen MR) is 134 cm³/mol. The highest BCUT2D eigenvalue weighted by molar-refractivity contribution is 6.06. The molecule has 0 saturated heterocycles. The molecule has 8 heteroatoms. The molecule has 4 aromatic rings. The number of hydrogen-bond donors (Lipinski definition) is 2. The first-order valence-corrected chi connectivity index (χ1v) is 11.3. The number of ether oxygens (including phenoxy) is 1. The lowest BCUT2D eigenvalue weighted by molar-refractivity contribution is 0.0844. The van der Waals surface area contributed by atoms with Crippen molar-refractivity contribution >= 4 is 22.6 Å². The van der Waals surface area contributed by atoms with Gasteiger partial charge >= 0.3 is 0 Å². The normalized spacial score (nSPS) is 10.8. The molecule has 0 radical (unpaired) electrons. The molecule has 0 unspecified atom stereocenters. The van der Waals surface area contributed by atoms with E-state index in [-0.39, 0.29) is 11.3 Å². The maximum atomic E-state index is 13.0. The number of carbonyl (C=O) groups excluding carboxylic acids is 2. The summed E-state index contributed by atoms with van der Waals surface area (Å²) in [5, 5.41) is 5.03. The van der Waals surface area contributed by atoms with Gasteiger partial charge in [-0.1, -0.05) is 50.2 Å². The van der Waals surface area contributed by atoms with Crippen LogP contribution in [-0.2, 0) is 0 Å². The van der Waals surface area contributed by atoms with E-state index in [1.807, 2.05) is 6.07 Å². The highest BCUT2D eigenvalue weighted by atomic mass is 16.5. The molecular weight excluding hydrogens is 444 g/mol. The minimum atomic E-state index is -0.645. The van der Waals surface area contributed by atoms with E-state index in [1.165, 1.54) is 4.68 Å². The Morgan fingerprint density at radius 1 is 0.857 bits per heavy atom. The molecule has 178 valence electrons. The molecule has 2 N–H and O–H groups in total. The Morgan fingerprint density at radius 2 is 1.49 bits per heavy atom. The van der Waals surface area contributed by atoms with E-state index in [4.69, 9.17) is 4.74 Å². The lowest BCUT2D eigenvalue weighted by atomic mass is 10.1. The maximum Gasteiger partial charge on any atom is 0.290 e. The summed E-state index contributed by atoms with van der Waals surface area (Å²) in [7, 11) is 0. The van der Waals surface area contributed by atoms with Crippen molar-refractivity contribution in [3.05, 3.63) is 100 Å². The molecule has 4 rings (SSSR count). The van der Waals surface area contributed by atoms with Gasteiger partial charge in [0.25, 0.3) is 17.4 Å². The molecule has 0 bridgehead atoms. The van der Waals surface area contributed by atoms with Crippen molar-refractivity contribution in [3.63, 3.8) is 0 Å². The molecule has 0 atom stereocenters. The van der Waals surface area contributed by atoms with Gasteiger partial charge in [-0.15, -0.1) is 0 Å². The Kier molecular flexibility index (Phi) is 7.21. The number of fused-ring (bicyclic) bond motifs is 1. The molecule has 1 heterocycles. The van der Waals surface area contributed by atoms with E-state index in [0.29, 0.717) is 40.3 Å². The summed E-state index contributed by atoms with van der Waals surface area (Å²) in [5.74, 6) is 0.0769. The Balaban J connectivity index is 1.51. The zero-order chi connectivity index (χ0) is 24.8. The number of hydrazine groups is 1. The predicted octanol–water partition coefficient (Wildman–Crippen LogP) is 3.89.